The van der Waals surface area contributed by atoms with Gasteiger partial charge in [0.2, 0.25) is 0 Å². The number of rotatable bonds is 4. The van der Waals surface area contributed by atoms with Crippen molar-refractivity contribution < 1.29 is 0 Å². The molecule has 0 amide bonds. The minimum Gasteiger partial charge on any atom is -0.355 e. The molecular formula is C31H23N. The van der Waals surface area contributed by atoms with E-state index in [-0.39, 0.29) is 0 Å². The Morgan fingerprint density at radius 2 is 0.844 bits per heavy atom. The van der Waals surface area contributed by atoms with E-state index < -0.39 is 5.41 Å². The second-order valence-electron chi connectivity index (χ2n) is 8.28. The Kier molecular flexibility index (Phi) is 4.40. The normalized spacial score (nSPS) is 11.8. The molecule has 0 saturated heterocycles. The van der Waals surface area contributed by atoms with E-state index in [2.05, 4.69) is 138 Å². The number of hydrogen-bond donors (Lipinski definition) is 1. The van der Waals surface area contributed by atoms with E-state index in [0.717, 1.165) is 5.52 Å². The summed E-state index contributed by atoms with van der Waals surface area (Å²) in [5.74, 6) is 0. The van der Waals surface area contributed by atoms with Crippen LogP contribution >= 0.6 is 0 Å². The Labute approximate surface area is 188 Å². The summed E-state index contributed by atoms with van der Waals surface area (Å²) in [5, 5.41) is 2.51. The molecular weight excluding hydrogens is 386 g/mol. The fraction of sp³-hybridized carbons (Fsp3) is 0.0323. The predicted octanol–water partition coefficient (Wildman–Crippen LogP) is 7.70. The minimum absolute atomic E-state index is 0.420. The van der Waals surface area contributed by atoms with E-state index in [1.807, 2.05) is 0 Å². The number of para-hydroxylation sites is 1. The molecule has 1 N–H and O–H groups in total. The van der Waals surface area contributed by atoms with Gasteiger partial charge in [-0.25, -0.2) is 0 Å². The summed E-state index contributed by atoms with van der Waals surface area (Å²) < 4.78 is 0. The van der Waals surface area contributed by atoms with Crippen LogP contribution in [-0.4, -0.2) is 4.98 Å². The molecule has 0 aliphatic rings. The van der Waals surface area contributed by atoms with Gasteiger partial charge in [0.15, 0.2) is 0 Å². The van der Waals surface area contributed by atoms with Gasteiger partial charge in [0, 0.05) is 21.8 Å². The Hall–Kier alpha value is -4.10. The van der Waals surface area contributed by atoms with Crippen LogP contribution in [0.3, 0.4) is 0 Å². The molecule has 0 radical (unpaired) electrons. The third kappa shape index (κ3) is 2.79. The van der Waals surface area contributed by atoms with Crippen molar-refractivity contribution in [1.82, 2.24) is 4.98 Å². The molecule has 0 aliphatic heterocycles. The molecule has 0 bridgehead atoms. The number of nitrogens with one attached hydrogen (secondary N) is 1. The van der Waals surface area contributed by atoms with E-state index in [1.54, 1.807) is 0 Å². The smallest absolute Gasteiger partial charge is 0.0701 e. The van der Waals surface area contributed by atoms with Crippen LogP contribution in [-0.2, 0) is 5.41 Å². The topological polar surface area (TPSA) is 15.8 Å². The molecule has 0 spiro atoms. The van der Waals surface area contributed by atoms with Crippen LogP contribution in [0, 0.1) is 0 Å². The van der Waals surface area contributed by atoms with E-state index in [1.165, 1.54) is 38.5 Å². The monoisotopic (exact) mass is 409 g/mol. The van der Waals surface area contributed by atoms with E-state index in [4.69, 9.17) is 0 Å². The highest BCUT2D eigenvalue weighted by Crippen LogP contribution is 2.46. The summed E-state index contributed by atoms with van der Waals surface area (Å²) in [6, 6.07) is 48.0. The van der Waals surface area contributed by atoms with Crippen molar-refractivity contribution in [2.24, 2.45) is 0 Å². The second kappa shape index (κ2) is 7.55. The molecule has 0 saturated carbocycles. The number of H-pyrrole nitrogens is 1. The predicted molar refractivity (Wildman–Crippen MR) is 134 cm³/mol. The Bertz CT molecular complexity index is 1400. The van der Waals surface area contributed by atoms with Gasteiger partial charge in [0.25, 0.3) is 0 Å². The maximum Gasteiger partial charge on any atom is 0.0701 e. The summed E-state index contributed by atoms with van der Waals surface area (Å²) in [4.78, 5) is 3.58. The van der Waals surface area contributed by atoms with Gasteiger partial charge in [0.1, 0.15) is 0 Å². The zero-order chi connectivity index (χ0) is 21.4. The molecule has 0 fully saturated rings. The summed E-state index contributed by atoms with van der Waals surface area (Å²) in [7, 11) is 0. The van der Waals surface area contributed by atoms with Gasteiger partial charge >= 0.3 is 0 Å². The molecule has 1 nitrogen and oxygen atoms in total. The van der Waals surface area contributed by atoms with Gasteiger partial charge in [-0.3, -0.25) is 0 Å². The van der Waals surface area contributed by atoms with Crippen LogP contribution in [0.4, 0.5) is 0 Å². The molecule has 6 rings (SSSR count). The van der Waals surface area contributed by atoms with Gasteiger partial charge in [-0.15, -0.1) is 0 Å². The number of benzene rings is 5. The standard InChI is InChI=1S/C31H23N/c1-4-12-23(13-5-1)31(24-14-6-2-7-15-24,25-16-8-3-9-17-25)26-20-21-30-28(22-26)27-18-10-11-19-29(27)32-30/h1-22,32H. The third-order valence-corrected chi connectivity index (χ3v) is 6.56. The maximum absolute atomic E-state index is 3.58. The zero-order valence-electron chi connectivity index (χ0n) is 17.7. The van der Waals surface area contributed by atoms with Crippen LogP contribution in [0.1, 0.15) is 22.3 Å². The van der Waals surface area contributed by atoms with E-state index in [9.17, 15) is 0 Å². The van der Waals surface area contributed by atoms with Gasteiger partial charge < -0.3 is 4.98 Å². The highest BCUT2D eigenvalue weighted by atomic mass is 14.7. The molecule has 152 valence electrons. The van der Waals surface area contributed by atoms with Crippen LogP contribution in [0.15, 0.2) is 133 Å². The van der Waals surface area contributed by atoms with Crippen molar-refractivity contribution in [3.63, 3.8) is 0 Å². The Morgan fingerprint density at radius 1 is 0.375 bits per heavy atom. The summed E-state index contributed by atoms with van der Waals surface area (Å²) >= 11 is 0. The number of aromatic amines is 1. The van der Waals surface area contributed by atoms with Crippen LogP contribution in [0.25, 0.3) is 21.8 Å². The molecule has 32 heavy (non-hydrogen) atoms. The lowest BCUT2D eigenvalue weighted by Gasteiger charge is -2.37. The number of fused-ring (bicyclic) bond motifs is 3. The SMILES string of the molecule is c1ccc(C(c2ccccc2)(c2ccccc2)c2ccc3[nH]c4ccccc4c3c2)cc1. The lowest BCUT2D eigenvalue weighted by Crippen LogP contribution is -2.30. The maximum atomic E-state index is 3.58. The zero-order valence-corrected chi connectivity index (χ0v) is 17.7. The van der Waals surface area contributed by atoms with Crippen molar-refractivity contribution in [1.29, 1.82) is 0 Å². The first kappa shape index (κ1) is 18.7. The average molecular weight is 410 g/mol. The summed E-state index contributed by atoms with van der Waals surface area (Å²) in [6.07, 6.45) is 0. The average Bonchev–Trinajstić information content (AvgIpc) is 3.25. The molecule has 0 unspecified atom stereocenters. The van der Waals surface area contributed by atoms with Gasteiger partial charge in [0.05, 0.1) is 5.41 Å². The number of aromatic nitrogens is 1. The molecule has 6 aromatic rings. The third-order valence-electron chi connectivity index (χ3n) is 6.56. The molecule has 5 aromatic carbocycles. The van der Waals surface area contributed by atoms with Crippen LogP contribution < -0.4 is 0 Å². The fourth-order valence-corrected chi connectivity index (χ4v) is 5.15. The van der Waals surface area contributed by atoms with Gasteiger partial charge in [-0.05, 0) is 40.5 Å². The largest absolute Gasteiger partial charge is 0.355 e. The van der Waals surface area contributed by atoms with Crippen molar-refractivity contribution in [2.75, 3.05) is 0 Å². The van der Waals surface area contributed by atoms with Crippen molar-refractivity contribution in [3.8, 4) is 0 Å². The second-order valence-corrected chi connectivity index (χ2v) is 8.28. The highest BCUT2D eigenvalue weighted by Gasteiger charge is 2.38. The summed E-state index contributed by atoms with van der Waals surface area (Å²) in [5.41, 5.74) is 6.96. The first-order chi connectivity index (χ1) is 15.9. The highest BCUT2D eigenvalue weighted by molar-refractivity contribution is 6.07. The Balaban J connectivity index is 1.76. The lowest BCUT2D eigenvalue weighted by molar-refractivity contribution is 0.746. The fourth-order valence-electron chi connectivity index (χ4n) is 5.15. The summed E-state index contributed by atoms with van der Waals surface area (Å²) in [6.45, 7) is 0. The van der Waals surface area contributed by atoms with Gasteiger partial charge in [-0.2, -0.15) is 0 Å². The minimum atomic E-state index is -0.420. The first-order valence-corrected chi connectivity index (χ1v) is 11.0. The van der Waals surface area contributed by atoms with Crippen molar-refractivity contribution in [2.45, 2.75) is 5.41 Å². The van der Waals surface area contributed by atoms with E-state index >= 15 is 0 Å². The molecule has 0 aliphatic carbocycles. The Morgan fingerprint density at radius 3 is 1.41 bits per heavy atom. The quantitative estimate of drug-likeness (QED) is 0.287. The van der Waals surface area contributed by atoms with Gasteiger partial charge in [-0.1, -0.05) is 115 Å². The van der Waals surface area contributed by atoms with Crippen LogP contribution in [0.5, 0.6) is 0 Å². The molecule has 0 atom stereocenters. The molecule has 1 heteroatoms. The van der Waals surface area contributed by atoms with Crippen molar-refractivity contribution in [3.05, 3.63) is 156 Å². The lowest BCUT2D eigenvalue weighted by atomic mass is 9.65. The first-order valence-electron chi connectivity index (χ1n) is 11.0. The molecule has 1 heterocycles. The molecule has 1 aromatic heterocycles. The van der Waals surface area contributed by atoms with Crippen molar-refractivity contribution >= 4 is 21.8 Å². The number of hydrogen-bond acceptors (Lipinski definition) is 0. The van der Waals surface area contributed by atoms with E-state index in [0.29, 0.717) is 0 Å². The van der Waals surface area contributed by atoms with Crippen LogP contribution in [0.2, 0.25) is 0 Å².